The number of urea groups is 1. The van der Waals surface area contributed by atoms with Gasteiger partial charge in [-0.15, -0.1) is 11.8 Å². The highest BCUT2D eigenvalue weighted by molar-refractivity contribution is 7.99. The van der Waals surface area contributed by atoms with E-state index in [1.165, 1.54) is 11.8 Å². The minimum absolute atomic E-state index is 0.0141. The van der Waals surface area contributed by atoms with Gasteiger partial charge in [0.1, 0.15) is 15.6 Å². The third-order valence-corrected chi connectivity index (χ3v) is 4.65. The van der Waals surface area contributed by atoms with Crippen molar-refractivity contribution in [3.8, 4) is 0 Å². The Balaban J connectivity index is 2.64. The first-order valence-electron chi connectivity index (χ1n) is 7.11. The zero-order valence-corrected chi connectivity index (χ0v) is 14.1. The molecular formula is C13H21N3O4S2. The molecule has 7 nitrogen and oxygen atoms in total. The predicted molar refractivity (Wildman–Crippen MR) is 88.0 cm³/mol. The molecule has 0 unspecified atom stereocenters. The van der Waals surface area contributed by atoms with Gasteiger partial charge in [0.15, 0.2) is 0 Å². The number of aromatic nitrogens is 1. The number of hydrogen-bond donors (Lipinski definition) is 4. The summed E-state index contributed by atoms with van der Waals surface area (Å²) in [6, 6.07) is -0.498. The molecule has 1 rings (SSSR count). The van der Waals surface area contributed by atoms with Crippen molar-refractivity contribution in [3.63, 3.8) is 0 Å². The number of thioether (sulfide) groups is 1. The topological polar surface area (TPSA) is 112 Å². The van der Waals surface area contributed by atoms with Crippen molar-refractivity contribution in [2.45, 2.75) is 37.6 Å². The molecule has 0 spiro atoms. The van der Waals surface area contributed by atoms with Gasteiger partial charge in [-0.3, -0.25) is 5.32 Å². The van der Waals surface area contributed by atoms with E-state index in [1.54, 1.807) is 0 Å². The van der Waals surface area contributed by atoms with Gasteiger partial charge in [-0.05, 0) is 30.1 Å². The quantitative estimate of drug-likeness (QED) is 0.382. The maximum absolute atomic E-state index is 11.6. The molecule has 0 fully saturated rings. The van der Waals surface area contributed by atoms with Crippen molar-refractivity contribution in [2.24, 2.45) is 0 Å². The summed E-state index contributed by atoms with van der Waals surface area (Å²) in [4.78, 5) is 23.0. The van der Waals surface area contributed by atoms with E-state index in [-0.39, 0.29) is 17.2 Å². The number of nitrogens with zero attached hydrogens (tertiary/aromatic N) is 1. The van der Waals surface area contributed by atoms with E-state index in [9.17, 15) is 14.7 Å². The molecule has 0 aliphatic heterocycles. The number of aromatic carboxylic acids is 1. The third-order valence-electron chi connectivity index (χ3n) is 2.71. The SMILES string of the molecule is CCCCCSc1nsc(NC(=O)NCCCO)c1C(=O)O. The Morgan fingerprint density at radius 3 is 2.73 bits per heavy atom. The molecule has 0 aromatic carbocycles. The maximum atomic E-state index is 11.6. The van der Waals surface area contributed by atoms with E-state index in [2.05, 4.69) is 21.9 Å². The lowest BCUT2D eigenvalue weighted by Gasteiger charge is -2.06. The van der Waals surface area contributed by atoms with Crippen molar-refractivity contribution in [3.05, 3.63) is 5.56 Å². The van der Waals surface area contributed by atoms with Gasteiger partial charge in [0.2, 0.25) is 0 Å². The molecule has 9 heteroatoms. The molecule has 0 saturated carbocycles. The number of unbranched alkanes of at least 4 members (excludes halogenated alkanes) is 2. The summed E-state index contributed by atoms with van der Waals surface area (Å²) in [5.41, 5.74) is 0.0452. The number of aliphatic hydroxyl groups is 1. The number of aliphatic hydroxyl groups excluding tert-OH is 1. The highest BCUT2D eigenvalue weighted by atomic mass is 32.2. The van der Waals surface area contributed by atoms with Gasteiger partial charge >= 0.3 is 12.0 Å². The molecule has 1 aromatic rings. The fourth-order valence-electron chi connectivity index (χ4n) is 1.60. The first kappa shape index (κ1) is 18.7. The number of rotatable bonds is 10. The molecule has 4 N–H and O–H groups in total. The van der Waals surface area contributed by atoms with Gasteiger partial charge in [-0.25, -0.2) is 9.59 Å². The van der Waals surface area contributed by atoms with Crippen LogP contribution in [-0.4, -0.2) is 45.5 Å². The molecule has 1 aromatic heterocycles. The van der Waals surface area contributed by atoms with Crippen LogP contribution in [0.15, 0.2) is 5.03 Å². The van der Waals surface area contributed by atoms with Crippen LogP contribution < -0.4 is 10.6 Å². The van der Waals surface area contributed by atoms with Gasteiger partial charge < -0.3 is 15.5 Å². The van der Waals surface area contributed by atoms with E-state index in [0.29, 0.717) is 18.0 Å². The number of amides is 2. The van der Waals surface area contributed by atoms with Crippen LogP contribution in [0.5, 0.6) is 0 Å². The van der Waals surface area contributed by atoms with E-state index in [1.807, 2.05) is 0 Å². The van der Waals surface area contributed by atoms with Crippen LogP contribution >= 0.6 is 23.3 Å². The van der Waals surface area contributed by atoms with Crippen molar-refractivity contribution in [2.75, 3.05) is 24.2 Å². The summed E-state index contributed by atoms with van der Waals surface area (Å²) >= 11 is 2.36. The second-order valence-corrected chi connectivity index (χ2v) is 6.37. The molecule has 0 bridgehead atoms. The van der Waals surface area contributed by atoms with Gasteiger partial charge in [-0.1, -0.05) is 19.8 Å². The summed E-state index contributed by atoms with van der Waals surface area (Å²) in [5, 5.41) is 23.7. The Labute approximate surface area is 137 Å². The average molecular weight is 347 g/mol. The number of nitrogens with one attached hydrogen (secondary N) is 2. The number of carboxylic acid groups (broad SMARTS) is 1. The Bertz CT molecular complexity index is 494. The number of carbonyl (C=O) groups is 2. The third kappa shape index (κ3) is 6.20. The zero-order valence-electron chi connectivity index (χ0n) is 12.4. The lowest BCUT2D eigenvalue weighted by molar-refractivity contribution is 0.0694. The maximum Gasteiger partial charge on any atom is 0.341 e. The van der Waals surface area contributed by atoms with Gasteiger partial charge in [-0.2, -0.15) is 4.37 Å². The summed E-state index contributed by atoms with van der Waals surface area (Å²) < 4.78 is 4.13. The Morgan fingerprint density at radius 2 is 2.09 bits per heavy atom. The van der Waals surface area contributed by atoms with Crippen molar-refractivity contribution < 1.29 is 19.8 Å². The Kier molecular flexibility index (Phi) is 8.86. The van der Waals surface area contributed by atoms with Gasteiger partial charge in [0.05, 0.1) is 0 Å². The molecule has 1 heterocycles. The smallest absolute Gasteiger partial charge is 0.341 e. The standard InChI is InChI=1S/C13H21N3O4S2/c1-2-3-4-8-21-11-9(12(18)19)10(22-16-11)15-13(20)14-6-5-7-17/h17H,2-8H2,1H3,(H,18,19)(H2,14,15,20). The molecule has 2 amide bonds. The lowest BCUT2D eigenvalue weighted by atomic mass is 10.3. The first-order chi connectivity index (χ1) is 10.6. The van der Waals surface area contributed by atoms with Crippen LogP contribution in [0.1, 0.15) is 43.0 Å². The van der Waals surface area contributed by atoms with Crippen LogP contribution in [0.4, 0.5) is 9.80 Å². The van der Waals surface area contributed by atoms with Crippen molar-refractivity contribution >= 4 is 40.3 Å². The second-order valence-electron chi connectivity index (χ2n) is 4.51. The fourth-order valence-corrected chi connectivity index (χ4v) is 3.54. The van der Waals surface area contributed by atoms with Crippen LogP contribution in [0.2, 0.25) is 0 Å². The molecular weight excluding hydrogens is 326 g/mol. The average Bonchev–Trinajstić information content (AvgIpc) is 2.86. The highest BCUT2D eigenvalue weighted by Gasteiger charge is 2.22. The predicted octanol–water partition coefficient (Wildman–Crippen LogP) is 2.63. The van der Waals surface area contributed by atoms with E-state index < -0.39 is 12.0 Å². The molecule has 22 heavy (non-hydrogen) atoms. The van der Waals surface area contributed by atoms with E-state index >= 15 is 0 Å². The minimum atomic E-state index is -1.10. The molecule has 0 aliphatic carbocycles. The first-order valence-corrected chi connectivity index (χ1v) is 8.87. The molecule has 124 valence electrons. The largest absolute Gasteiger partial charge is 0.477 e. The van der Waals surface area contributed by atoms with Gasteiger partial charge in [0, 0.05) is 13.2 Å². The monoisotopic (exact) mass is 347 g/mol. The number of hydrogen-bond acceptors (Lipinski definition) is 6. The Hall–Kier alpha value is -1.32. The van der Waals surface area contributed by atoms with Crippen molar-refractivity contribution in [1.29, 1.82) is 0 Å². The van der Waals surface area contributed by atoms with Crippen molar-refractivity contribution in [1.82, 2.24) is 9.69 Å². The van der Waals surface area contributed by atoms with Crippen LogP contribution in [-0.2, 0) is 0 Å². The van der Waals surface area contributed by atoms with Crippen LogP contribution in [0.25, 0.3) is 0 Å². The van der Waals surface area contributed by atoms with E-state index in [0.717, 1.165) is 36.5 Å². The minimum Gasteiger partial charge on any atom is -0.477 e. The normalized spacial score (nSPS) is 10.5. The zero-order chi connectivity index (χ0) is 16.4. The van der Waals surface area contributed by atoms with Crippen LogP contribution in [0, 0.1) is 0 Å². The summed E-state index contributed by atoms with van der Waals surface area (Å²) in [6.45, 7) is 2.41. The highest BCUT2D eigenvalue weighted by Crippen LogP contribution is 2.32. The number of carbonyl (C=O) groups excluding carboxylic acids is 1. The molecule has 0 radical (unpaired) electrons. The van der Waals surface area contributed by atoms with Gasteiger partial charge in [0.25, 0.3) is 0 Å². The lowest BCUT2D eigenvalue weighted by Crippen LogP contribution is -2.30. The summed E-state index contributed by atoms with van der Waals surface area (Å²) in [5.74, 6) is -0.294. The van der Waals surface area contributed by atoms with Crippen LogP contribution in [0.3, 0.4) is 0 Å². The van der Waals surface area contributed by atoms with E-state index in [4.69, 9.17) is 5.11 Å². The molecule has 0 saturated heterocycles. The number of carboxylic acids is 1. The molecule has 0 atom stereocenters. The molecule has 0 aliphatic rings. The number of anilines is 1. The fraction of sp³-hybridized carbons (Fsp3) is 0.615. The summed E-state index contributed by atoms with van der Waals surface area (Å²) in [6.07, 6.45) is 3.64. The Morgan fingerprint density at radius 1 is 1.32 bits per heavy atom. The summed E-state index contributed by atoms with van der Waals surface area (Å²) in [7, 11) is 0. The second kappa shape index (κ2) is 10.4.